The molecule has 0 aliphatic rings. The van der Waals surface area contributed by atoms with E-state index in [9.17, 15) is 9.59 Å². The van der Waals surface area contributed by atoms with E-state index in [0.29, 0.717) is 23.6 Å². The van der Waals surface area contributed by atoms with Crippen molar-refractivity contribution in [2.24, 2.45) is 0 Å². The van der Waals surface area contributed by atoms with Crippen LogP contribution < -0.4 is 5.32 Å². The van der Waals surface area contributed by atoms with Crippen LogP contribution in [-0.4, -0.2) is 24.2 Å². The van der Waals surface area contributed by atoms with Crippen molar-refractivity contribution in [1.82, 2.24) is 0 Å². The Bertz CT molecular complexity index is 726. The van der Waals surface area contributed by atoms with Crippen LogP contribution in [0.4, 0.5) is 5.69 Å². The van der Waals surface area contributed by atoms with E-state index in [2.05, 4.69) is 5.32 Å². The lowest BCUT2D eigenvalue weighted by Gasteiger charge is -2.10. The van der Waals surface area contributed by atoms with Crippen molar-refractivity contribution in [3.05, 3.63) is 59.2 Å². The van der Waals surface area contributed by atoms with Gasteiger partial charge in [0.05, 0.1) is 17.9 Å². The van der Waals surface area contributed by atoms with Crippen LogP contribution in [-0.2, 0) is 9.53 Å². The van der Waals surface area contributed by atoms with Gasteiger partial charge in [0.2, 0.25) is 5.91 Å². The van der Waals surface area contributed by atoms with Gasteiger partial charge in [0.1, 0.15) is 0 Å². The molecule has 0 saturated heterocycles. The van der Waals surface area contributed by atoms with Crippen LogP contribution in [0, 0.1) is 13.8 Å². The van der Waals surface area contributed by atoms with Crippen molar-refractivity contribution in [1.29, 1.82) is 0 Å². The third-order valence-corrected chi connectivity index (χ3v) is 4.41. The highest BCUT2D eigenvalue weighted by Gasteiger charge is 2.10. The molecule has 0 aromatic heterocycles. The second-order valence-electron chi connectivity index (χ2n) is 5.40. The molecule has 1 amide bonds. The van der Waals surface area contributed by atoms with Crippen molar-refractivity contribution >= 4 is 29.3 Å². The quantitative estimate of drug-likeness (QED) is 0.630. The van der Waals surface area contributed by atoms with E-state index in [0.717, 1.165) is 10.5 Å². The Labute approximate surface area is 146 Å². The zero-order valence-corrected chi connectivity index (χ0v) is 14.9. The van der Waals surface area contributed by atoms with Crippen molar-refractivity contribution in [3.8, 4) is 0 Å². The summed E-state index contributed by atoms with van der Waals surface area (Å²) in [4.78, 5) is 24.9. The van der Waals surface area contributed by atoms with Crippen LogP contribution in [0.5, 0.6) is 0 Å². The van der Waals surface area contributed by atoms with Gasteiger partial charge in [0, 0.05) is 10.6 Å². The monoisotopic (exact) mass is 343 g/mol. The molecular formula is C19H21NO3S. The third-order valence-electron chi connectivity index (χ3n) is 3.40. The zero-order valence-electron chi connectivity index (χ0n) is 14.1. The van der Waals surface area contributed by atoms with Gasteiger partial charge in [0.25, 0.3) is 0 Å². The Kier molecular flexibility index (Phi) is 6.44. The molecule has 0 bridgehead atoms. The van der Waals surface area contributed by atoms with E-state index >= 15 is 0 Å². The molecule has 0 spiro atoms. The molecule has 126 valence electrons. The summed E-state index contributed by atoms with van der Waals surface area (Å²) in [7, 11) is 0. The minimum Gasteiger partial charge on any atom is -0.462 e. The number of amides is 1. The summed E-state index contributed by atoms with van der Waals surface area (Å²) in [6.45, 7) is 5.99. The summed E-state index contributed by atoms with van der Waals surface area (Å²) in [5.74, 6) is -0.0942. The first-order chi connectivity index (χ1) is 11.5. The molecule has 0 saturated carbocycles. The van der Waals surface area contributed by atoms with Gasteiger partial charge in [-0.2, -0.15) is 0 Å². The Morgan fingerprint density at radius 2 is 1.79 bits per heavy atom. The number of thioether (sulfide) groups is 1. The Hall–Kier alpha value is -2.27. The van der Waals surface area contributed by atoms with Gasteiger partial charge in [-0.3, -0.25) is 4.79 Å². The molecule has 1 N–H and O–H groups in total. The van der Waals surface area contributed by atoms with Crippen molar-refractivity contribution in [3.63, 3.8) is 0 Å². The molecule has 2 aromatic rings. The molecule has 0 heterocycles. The first-order valence-corrected chi connectivity index (χ1v) is 8.75. The number of esters is 1. The van der Waals surface area contributed by atoms with Gasteiger partial charge in [-0.15, -0.1) is 11.8 Å². The number of ether oxygens (including phenoxy) is 1. The number of carbonyl (C=O) groups is 2. The number of hydrogen-bond acceptors (Lipinski definition) is 4. The molecule has 0 aliphatic carbocycles. The van der Waals surface area contributed by atoms with E-state index in [-0.39, 0.29) is 11.9 Å². The third kappa shape index (κ3) is 5.13. The zero-order chi connectivity index (χ0) is 17.5. The molecule has 0 fully saturated rings. The summed E-state index contributed by atoms with van der Waals surface area (Å²) in [5, 5.41) is 2.88. The maximum Gasteiger partial charge on any atom is 0.338 e. The van der Waals surface area contributed by atoms with E-state index in [1.54, 1.807) is 25.1 Å². The van der Waals surface area contributed by atoms with E-state index in [4.69, 9.17) is 4.74 Å². The number of anilines is 1. The van der Waals surface area contributed by atoms with Gasteiger partial charge in [-0.25, -0.2) is 4.79 Å². The molecule has 4 nitrogen and oxygen atoms in total. The minimum atomic E-state index is -0.353. The standard InChI is InChI=1S/C19H21NO3S/c1-4-23-19(22)15-7-10-17(14(3)11-15)20-18(21)12-24-16-8-5-13(2)6-9-16/h5-11H,4,12H2,1-3H3,(H,20,21). The lowest BCUT2D eigenvalue weighted by molar-refractivity contribution is -0.113. The Morgan fingerprint density at radius 1 is 1.08 bits per heavy atom. The second kappa shape index (κ2) is 8.55. The Morgan fingerprint density at radius 3 is 2.42 bits per heavy atom. The van der Waals surface area contributed by atoms with Crippen LogP contribution in [0.25, 0.3) is 0 Å². The van der Waals surface area contributed by atoms with Crippen molar-refractivity contribution in [2.45, 2.75) is 25.7 Å². The number of carbonyl (C=O) groups excluding carboxylic acids is 2. The minimum absolute atomic E-state index is 0.0763. The Balaban J connectivity index is 1.93. The van der Waals surface area contributed by atoms with Gasteiger partial charge >= 0.3 is 5.97 Å². The predicted molar refractivity (Wildman–Crippen MR) is 97.7 cm³/mol. The summed E-state index contributed by atoms with van der Waals surface area (Å²) >= 11 is 1.49. The second-order valence-corrected chi connectivity index (χ2v) is 6.45. The largest absolute Gasteiger partial charge is 0.462 e. The highest BCUT2D eigenvalue weighted by atomic mass is 32.2. The van der Waals surface area contributed by atoms with Crippen molar-refractivity contribution < 1.29 is 14.3 Å². The SMILES string of the molecule is CCOC(=O)c1ccc(NC(=O)CSc2ccc(C)cc2)c(C)c1. The highest BCUT2D eigenvalue weighted by molar-refractivity contribution is 8.00. The highest BCUT2D eigenvalue weighted by Crippen LogP contribution is 2.20. The van der Waals surface area contributed by atoms with E-state index < -0.39 is 0 Å². The summed E-state index contributed by atoms with van der Waals surface area (Å²) < 4.78 is 4.97. The molecule has 0 unspecified atom stereocenters. The van der Waals surface area contributed by atoms with Gasteiger partial charge in [-0.1, -0.05) is 17.7 Å². The fraction of sp³-hybridized carbons (Fsp3) is 0.263. The van der Waals surface area contributed by atoms with Crippen molar-refractivity contribution in [2.75, 3.05) is 17.7 Å². The summed E-state index contributed by atoms with van der Waals surface area (Å²) in [6, 6.07) is 13.2. The summed E-state index contributed by atoms with van der Waals surface area (Å²) in [6.07, 6.45) is 0. The van der Waals surface area contributed by atoms with E-state index in [1.807, 2.05) is 38.1 Å². The topological polar surface area (TPSA) is 55.4 Å². The molecule has 24 heavy (non-hydrogen) atoms. The number of nitrogens with one attached hydrogen (secondary N) is 1. The van der Waals surface area contributed by atoms with Gasteiger partial charge < -0.3 is 10.1 Å². The normalized spacial score (nSPS) is 10.3. The fourth-order valence-corrected chi connectivity index (χ4v) is 2.81. The molecule has 0 aliphatic heterocycles. The first kappa shape index (κ1) is 18.1. The number of rotatable bonds is 6. The van der Waals surface area contributed by atoms with Crippen LogP contribution >= 0.6 is 11.8 Å². The molecular weight excluding hydrogens is 322 g/mol. The van der Waals surface area contributed by atoms with E-state index in [1.165, 1.54) is 17.3 Å². The predicted octanol–water partition coefficient (Wildman–Crippen LogP) is 4.21. The number of hydrogen-bond donors (Lipinski definition) is 1. The average Bonchev–Trinajstić information content (AvgIpc) is 2.56. The summed E-state index contributed by atoms with van der Waals surface area (Å²) in [5.41, 5.74) is 3.22. The van der Waals surface area contributed by atoms with Crippen LogP contribution in [0.15, 0.2) is 47.4 Å². The number of aryl methyl sites for hydroxylation is 2. The first-order valence-electron chi connectivity index (χ1n) is 7.76. The molecule has 2 aromatic carbocycles. The lowest BCUT2D eigenvalue weighted by Crippen LogP contribution is -2.15. The van der Waals surface area contributed by atoms with Crippen LogP contribution in [0.3, 0.4) is 0 Å². The molecule has 2 rings (SSSR count). The maximum atomic E-state index is 12.1. The lowest BCUT2D eigenvalue weighted by atomic mass is 10.1. The van der Waals surface area contributed by atoms with Crippen LogP contribution in [0.2, 0.25) is 0 Å². The number of benzene rings is 2. The molecule has 0 atom stereocenters. The maximum absolute atomic E-state index is 12.1. The molecule has 5 heteroatoms. The van der Waals surface area contributed by atoms with Crippen LogP contribution in [0.1, 0.15) is 28.4 Å². The fourth-order valence-electron chi connectivity index (χ4n) is 2.11. The average molecular weight is 343 g/mol. The van der Waals surface area contributed by atoms with Gasteiger partial charge in [0.15, 0.2) is 0 Å². The smallest absolute Gasteiger partial charge is 0.338 e. The molecule has 0 radical (unpaired) electrons. The van der Waals surface area contributed by atoms with Gasteiger partial charge in [-0.05, 0) is 56.7 Å².